The first-order valence-corrected chi connectivity index (χ1v) is 2.77. The summed E-state index contributed by atoms with van der Waals surface area (Å²) in [5.41, 5.74) is 2.67. The molecule has 0 aliphatic heterocycles. The largest absolute Gasteiger partial charge is 0.271 e. The maximum absolute atomic E-state index is 5.11. The van der Waals surface area contributed by atoms with Crippen molar-refractivity contribution in [1.82, 2.24) is 5.43 Å². The van der Waals surface area contributed by atoms with Gasteiger partial charge >= 0.3 is 0 Å². The van der Waals surface area contributed by atoms with Crippen molar-refractivity contribution in [2.24, 2.45) is 5.84 Å². The minimum absolute atomic E-state index is 0.477. The first kappa shape index (κ1) is 6.92. The third-order valence-electron chi connectivity index (χ3n) is 1.01. The molecular formula is C5H14N2. The van der Waals surface area contributed by atoms with Crippen LogP contribution in [-0.4, -0.2) is 6.04 Å². The van der Waals surface area contributed by atoms with Crippen LogP contribution in [0.2, 0.25) is 0 Å². The lowest BCUT2D eigenvalue weighted by molar-refractivity contribution is 0.525. The van der Waals surface area contributed by atoms with E-state index in [1.165, 1.54) is 6.42 Å². The summed E-state index contributed by atoms with van der Waals surface area (Å²) in [5, 5.41) is 0. The van der Waals surface area contributed by atoms with Gasteiger partial charge in [-0.25, -0.2) is 0 Å². The van der Waals surface area contributed by atoms with Gasteiger partial charge in [0.25, 0.3) is 0 Å². The van der Waals surface area contributed by atoms with E-state index in [0.717, 1.165) is 6.42 Å². The first-order valence-electron chi connectivity index (χ1n) is 2.77. The van der Waals surface area contributed by atoms with Gasteiger partial charge in [0.05, 0.1) is 0 Å². The van der Waals surface area contributed by atoms with Crippen molar-refractivity contribution in [3.63, 3.8) is 0 Å². The second-order valence-corrected chi connectivity index (χ2v) is 1.86. The summed E-state index contributed by atoms with van der Waals surface area (Å²) in [6.07, 6.45) is 2.36. The molecule has 3 N–H and O–H groups in total. The van der Waals surface area contributed by atoms with Gasteiger partial charge in [0, 0.05) is 6.04 Å². The Kier molecular flexibility index (Phi) is 4.04. The molecule has 0 radical (unpaired) electrons. The van der Waals surface area contributed by atoms with Crippen LogP contribution >= 0.6 is 0 Å². The van der Waals surface area contributed by atoms with E-state index >= 15 is 0 Å². The van der Waals surface area contributed by atoms with Crippen LogP contribution in [0.25, 0.3) is 0 Å². The zero-order chi connectivity index (χ0) is 5.70. The average molecular weight is 102 g/mol. The molecule has 0 rings (SSSR count). The van der Waals surface area contributed by atoms with Crippen LogP contribution < -0.4 is 11.3 Å². The fraction of sp³-hybridized carbons (Fsp3) is 1.00. The van der Waals surface area contributed by atoms with Gasteiger partial charge in [0.1, 0.15) is 0 Å². The van der Waals surface area contributed by atoms with Crippen LogP contribution in [0.4, 0.5) is 0 Å². The minimum atomic E-state index is 0.477. The van der Waals surface area contributed by atoms with E-state index in [4.69, 9.17) is 5.84 Å². The highest BCUT2D eigenvalue weighted by Crippen LogP contribution is 1.90. The molecule has 0 aromatic carbocycles. The van der Waals surface area contributed by atoms with Crippen LogP contribution in [0.3, 0.4) is 0 Å². The molecule has 0 spiro atoms. The van der Waals surface area contributed by atoms with Gasteiger partial charge < -0.3 is 0 Å². The number of nitrogens with two attached hydrogens (primary N) is 1. The molecule has 0 fully saturated rings. The van der Waals surface area contributed by atoms with Gasteiger partial charge in [-0.3, -0.25) is 11.3 Å². The number of hydrazine groups is 1. The Morgan fingerprint density at radius 3 is 2.43 bits per heavy atom. The minimum Gasteiger partial charge on any atom is -0.271 e. The van der Waals surface area contributed by atoms with Gasteiger partial charge in [-0.1, -0.05) is 13.3 Å². The summed E-state index contributed by atoms with van der Waals surface area (Å²) in [7, 11) is 0. The van der Waals surface area contributed by atoms with E-state index in [1.54, 1.807) is 0 Å². The number of hydrogen-bond donors (Lipinski definition) is 2. The van der Waals surface area contributed by atoms with Crippen LogP contribution in [0.15, 0.2) is 0 Å². The highest BCUT2D eigenvalue weighted by molar-refractivity contribution is 4.51. The van der Waals surface area contributed by atoms with E-state index < -0.39 is 0 Å². The highest BCUT2D eigenvalue weighted by Gasteiger charge is 1.91. The molecule has 0 amide bonds. The molecule has 2 nitrogen and oxygen atoms in total. The molecule has 0 bridgehead atoms. The topological polar surface area (TPSA) is 38.0 Å². The molecule has 0 saturated heterocycles. The summed E-state index contributed by atoms with van der Waals surface area (Å²) in [6, 6.07) is 0.477. The molecule has 0 aromatic rings. The van der Waals surface area contributed by atoms with Crippen LogP contribution in [-0.2, 0) is 0 Å². The van der Waals surface area contributed by atoms with E-state index in [0.29, 0.717) is 6.04 Å². The van der Waals surface area contributed by atoms with E-state index in [1.807, 2.05) is 0 Å². The summed E-state index contributed by atoms with van der Waals surface area (Å²) in [4.78, 5) is 0. The van der Waals surface area contributed by atoms with Gasteiger partial charge in [-0.2, -0.15) is 0 Å². The Morgan fingerprint density at radius 1 is 1.71 bits per heavy atom. The van der Waals surface area contributed by atoms with Crippen molar-refractivity contribution in [2.45, 2.75) is 32.7 Å². The second-order valence-electron chi connectivity index (χ2n) is 1.86. The SMILES string of the molecule is CCCC(C)NN. The van der Waals surface area contributed by atoms with Crippen molar-refractivity contribution >= 4 is 0 Å². The molecule has 2 heteroatoms. The third kappa shape index (κ3) is 3.76. The number of rotatable bonds is 3. The van der Waals surface area contributed by atoms with E-state index in [9.17, 15) is 0 Å². The fourth-order valence-electron chi connectivity index (χ4n) is 0.516. The van der Waals surface area contributed by atoms with Gasteiger partial charge in [-0.05, 0) is 13.3 Å². The summed E-state index contributed by atoms with van der Waals surface area (Å²) >= 11 is 0. The molecule has 0 aliphatic rings. The van der Waals surface area contributed by atoms with Gasteiger partial charge in [-0.15, -0.1) is 0 Å². The standard InChI is InChI=1S/C5H14N2/c1-3-4-5(2)7-6/h5,7H,3-4,6H2,1-2H3. The van der Waals surface area contributed by atoms with Crippen LogP contribution in [0.1, 0.15) is 26.7 Å². The Labute approximate surface area is 45.1 Å². The van der Waals surface area contributed by atoms with Crippen molar-refractivity contribution in [3.8, 4) is 0 Å². The third-order valence-corrected chi connectivity index (χ3v) is 1.01. The van der Waals surface area contributed by atoms with Crippen molar-refractivity contribution in [3.05, 3.63) is 0 Å². The average Bonchev–Trinajstić information content (AvgIpc) is 1.68. The second kappa shape index (κ2) is 4.09. The normalized spacial score (nSPS) is 14.1. The van der Waals surface area contributed by atoms with Crippen molar-refractivity contribution < 1.29 is 0 Å². The molecule has 1 unspecified atom stereocenters. The molecule has 0 saturated carbocycles. The zero-order valence-corrected chi connectivity index (χ0v) is 5.07. The fourth-order valence-corrected chi connectivity index (χ4v) is 0.516. The zero-order valence-electron chi connectivity index (χ0n) is 5.07. The quantitative estimate of drug-likeness (QED) is 0.405. The van der Waals surface area contributed by atoms with E-state index in [-0.39, 0.29) is 0 Å². The molecule has 7 heavy (non-hydrogen) atoms. The van der Waals surface area contributed by atoms with Gasteiger partial charge in [0.2, 0.25) is 0 Å². The predicted molar refractivity (Wildman–Crippen MR) is 31.7 cm³/mol. The summed E-state index contributed by atoms with van der Waals surface area (Å²) in [5.74, 6) is 5.11. The molecule has 0 aromatic heterocycles. The lowest BCUT2D eigenvalue weighted by atomic mass is 10.2. The molecular weight excluding hydrogens is 88.1 g/mol. The molecule has 1 atom stereocenters. The number of nitrogens with one attached hydrogen (secondary N) is 1. The van der Waals surface area contributed by atoms with Crippen LogP contribution in [0.5, 0.6) is 0 Å². The predicted octanol–water partition coefficient (Wildman–Crippen LogP) is 0.638. The van der Waals surface area contributed by atoms with Crippen LogP contribution in [0, 0.1) is 0 Å². The van der Waals surface area contributed by atoms with Crippen molar-refractivity contribution in [1.29, 1.82) is 0 Å². The maximum atomic E-state index is 5.11. The van der Waals surface area contributed by atoms with Gasteiger partial charge in [0.15, 0.2) is 0 Å². The Morgan fingerprint density at radius 2 is 2.29 bits per heavy atom. The monoisotopic (exact) mass is 102 g/mol. The summed E-state index contributed by atoms with van der Waals surface area (Å²) < 4.78 is 0. The summed E-state index contributed by atoms with van der Waals surface area (Å²) in [6.45, 7) is 4.22. The molecule has 44 valence electrons. The maximum Gasteiger partial charge on any atom is 0.0182 e. The molecule has 0 heterocycles. The highest BCUT2D eigenvalue weighted by atomic mass is 15.2. The van der Waals surface area contributed by atoms with Crippen molar-refractivity contribution in [2.75, 3.05) is 0 Å². The number of hydrogen-bond acceptors (Lipinski definition) is 2. The smallest absolute Gasteiger partial charge is 0.0182 e. The lowest BCUT2D eigenvalue weighted by Gasteiger charge is -2.05. The Balaban J connectivity index is 2.83. The molecule has 0 aliphatic carbocycles. The van der Waals surface area contributed by atoms with E-state index in [2.05, 4.69) is 19.3 Å². The first-order chi connectivity index (χ1) is 3.31. The lowest BCUT2D eigenvalue weighted by Crippen LogP contribution is -2.32. The Bertz CT molecular complexity index is 37.1. The Hall–Kier alpha value is -0.0800.